The van der Waals surface area contributed by atoms with Gasteiger partial charge < -0.3 is 14.7 Å². The van der Waals surface area contributed by atoms with E-state index < -0.39 is 17.7 Å². The first kappa shape index (κ1) is 20.9. The van der Waals surface area contributed by atoms with Crippen LogP contribution in [-0.2, 0) is 16.0 Å². The molecule has 1 unspecified atom stereocenters. The van der Waals surface area contributed by atoms with Gasteiger partial charge in [0.2, 0.25) is 0 Å². The van der Waals surface area contributed by atoms with Gasteiger partial charge in [0, 0.05) is 17.0 Å². The molecule has 0 radical (unpaired) electrons. The number of likely N-dealkylation sites (tertiary alicyclic amines) is 1. The first-order valence-corrected chi connectivity index (χ1v) is 11.1. The fraction of sp³-hybridized carbons (Fsp3) is 0.200. The Bertz CT molecular complexity index is 1110. The summed E-state index contributed by atoms with van der Waals surface area (Å²) in [6.07, 6.45) is 0.621. The maximum Gasteiger partial charge on any atom is 0.295 e. The molecule has 1 aliphatic rings. The molecule has 1 fully saturated rings. The average Bonchev–Trinajstić information content (AvgIpc) is 3.40. The van der Waals surface area contributed by atoms with Gasteiger partial charge in [-0.25, -0.2) is 0 Å². The molecule has 0 saturated carbocycles. The Balaban J connectivity index is 1.74. The largest absolute Gasteiger partial charge is 0.507 e. The second kappa shape index (κ2) is 9.18. The number of ether oxygens (including phenoxy) is 1. The van der Waals surface area contributed by atoms with Crippen molar-refractivity contribution >= 4 is 28.8 Å². The van der Waals surface area contributed by atoms with E-state index in [2.05, 4.69) is 0 Å². The minimum absolute atomic E-state index is 0.120. The molecule has 5 nitrogen and oxygen atoms in total. The normalized spacial score (nSPS) is 17.8. The molecule has 1 amide bonds. The van der Waals surface area contributed by atoms with Gasteiger partial charge in [-0.3, -0.25) is 9.59 Å². The second-order valence-corrected chi connectivity index (χ2v) is 8.18. The maximum atomic E-state index is 13.0. The van der Waals surface area contributed by atoms with Crippen LogP contribution >= 0.6 is 11.3 Å². The molecule has 6 heteroatoms. The smallest absolute Gasteiger partial charge is 0.295 e. The second-order valence-electron chi connectivity index (χ2n) is 7.20. The van der Waals surface area contributed by atoms with Crippen LogP contribution in [0.15, 0.2) is 77.7 Å². The lowest BCUT2D eigenvalue weighted by molar-refractivity contribution is -0.139. The van der Waals surface area contributed by atoms with E-state index >= 15 is 0 Å². The molecule has 1 saturated heterocycles. The fourth-order valence-corrected chi connectivity index (χ4v) is 4.65. The highest BCUT2D eigenvalue weighted by Crippen LogP contribution is 2.41. The van der Waals surface area contributed by atoms with E-state index in [-0.39, 0.29) is 11.3 Å². The van der Waals surface area contributed by atoms with Crippen molar-refractivity contribution < 1.29 is 19.4 Å². The first-order valence-electron chi connectivity index (χ1n) is 10.2. The average molecular weight is 434 g/mol. The van der Waals surface area contributed by atoms with Crippen molar-refractivity contribution in [2.75, 3.05) is 13.2 Å². The number of rotatable bonds is 7. The lowest BCUT2D eigenvalue weighted by atomic mass is 9.99. The van der Waals surface area contributed by atoms with E-state index in [1.807, 2.05) is 54.8 Å². The quantitative estimate of drug-likeness (QED) is 0.330. The minimum atomic E-state index is -0.661. The van der Waals surface area contributed by atoms with Crippen LogP contribution in [0.3, 0.4) is 0 Å². The third kappa shape index (κ3) is 4.25. The number of hydrogen-bond donors (Lipinski definition) is 1. The van der Waals surface area contributed by atoms with E-state index in [9.17, 15) is 14.7 Å². The SMILES string of the molecule is CCOc1cccc(C(O)=C2C(=O)C(=O)N(CCc3ccccc3)C2c2cccs2)c1. The molecule has 3 aromatic rings. The molecule has 1 atom stereocenters. The molecule has 1 aromatic heterocycles. The molecule has 2 heterocycles. The molecule has 1 aliphatic heterocycles. The first-order chi connectivity index (χ1) is 15.1. The van der Waals surface area contributed by atoms with Crippen LogP contribution < -0.4 is 4.74 Å². The summed E-state index contributed by atoms with van der Waals surface area (Å²) in [6, 6.07) is 19.9. The lowest BCUT2D eigenvalue weighted by Crippen LogP contribution is -2.31. The van der Waals surface area contributed by atoms with Crippen LogP contribution in [0.25, 0.3) is 5.76 Å². The number of thiophene rings is 1. The Kier molecular flexibility index (Phi) is 6.18. The number of carbonyl (C=O) groups excluding carboxylic acids is 2. The number of aliphatic hydroxyl groups excluding tert-OH is 1. The molecule has 0 aliphatic carbocycles. The van der Waals surface area contributed by atoms with Gasteiger partial charge in [-0.15, -0.1) is 11.3 Å². The van der Waals surface area contributed by atoms with Crippen molar-refractivity contribution in [1.82, 2.24) is 4.90 Å². The predicted octanol–water partition coefficient (Wildman–Crippen LogP) is 4.81. The number of aliphatic hydroxyl groups is 1. The molecular formula is C25H23NO4S. The summed E-state index contributed by atoms with van der Waals surface area (Å²) in [4.78, 5) is 28.4. The fourth-order valence-electron chi connectivity index (χ4n) is 3.80. The standard InChI is InChI=1S/C25H23NO4S/c1-2-30-19-11-6-10-18(16-19)23(27)21-22(20-12-7-15-31-20)26(25(29)24(21)28)14-13-17-8-4-3-5-9-17/h3-12,15-16,22,27H,2,13-14H2,1H3. The third-order valence-corrected chi connectivity index (χ3v) is 6.18. The van der Waals surface area contributed by atoms with Crippen molar-refractivity contribution in [2.45, 2.75) is 19.4 Å². The van der Waals surface area contributed by atoms with Gasteiger partial charge in [0.05, 0.1) is 18.2 Å². The van der Waals surface area contributed by atoms with Crippen molar-refractivity contribution in [3.05, 3.63) is 93.7 Å². The van der Waals surface area contributed by atoms with E-state index in [0.717, 1.165) is 10.4 Å². The summed E-state index contributed by atoms with van der Waals surface area (Å²) >= 11 is 1.46. The van der Waals surface area contributed by atoms with E-state index in [1.165, 1.54) is 11.3 Å². The van der Waals surface area contributed by atoms with Crippen LogP contribution in [0, 0.1) is 0 Å². The number of ketones is 1. The zero-order valence-corrected chi connectivity index (χ0v) is 18.0. The van der Waals surface area contributed by atoms with Crippen molar-refractivity contribution in [2.24, 2.45) is 0 Å². The van der Waals surface area contributed by atoms with Crippen LogP contribution in [0.2, 0.25) is 0 Å². The molecule has 4 rings (SSSR count). The number of amides is 1. The summed E-state index contributed by atoms with van der Waals surface area (Å²) in [7, 11) is 0. The zero-order valence-electron chi connectivity index (χ0n) is 17.2. The molecule has 1 N–H and O–H groups in total. The van der Waals surface area contributed by atoms with Crippen molar-refractivity contribution in [1.29, 1.82) is 0 Å². The van der Waals surface area contributed by atoms with Gasteiger partial charge in [0.25, 0.3) is 11.7 Å². The topological polar surface area (TPSA) is 66.8 Å². The van der Waals surface area contributed by atoms with Gasteiger partial charge in [-0.05, 0) is 42.5 Å². The molecule has 31 heavy (non-hydrogen) atoms. The van der Waals surface area contributed by atoms with Crippen molar-refractivity contribution in [3.63, 3.8) is 0 Å². The monoisotopic (exact) mass is 433 g/mol. The summed E-state index contributed by atoms with van der Waals surface area (Å²) in [5.74, 6) is -0.833. The summed E-state index contributed by atoms with van der Waals surface area (Å²) in [6.45, 7) is 2.75. The van der Waals surface area contributed by atoms with Gasteiger partial charge >= 0.3 is 0 Å². The molecule has 0 spiro atoms. The minimum Gasteiger partial charge on any atom is -0.507 e. The zero-order chi connectivity index (χ0) is 21.8. The Morgan fingerprint density at radius 1 is 1.06 bits per heavy atom. The summed E-state index contributed by atoms with van der Waals surface area (Å²) in [5, 5.41) is 13.0. The molecular weight excluding hydrogens is 410 g/mol. The van der Waals surface area contributed by atoms with E-state index in [4.69, 9.17) is 4.74 Å². The number of Topliss-reactive ketones (excluding diaryl/α,β-unsaturated/α-hetero) is 1. The Hall–Kier alpha value is -3.38. The highest BCUT2D eigenvalue weighted by molar-refractivity contribution is 7.10. The van der Waals surface area contributed by atoms with Gasteiger partial charge in [-0.2, -0.15) is 0 Å². The Labute approximate surface area is 185 Å². The van der Waals surface area contributed by atoms with Crippen molar-refractivity contribution in [3.8, 4) is 5.75 Å². The number of carbonyl (C=O) groups is 2. The maximum absolute atomic E-state index is 13.0. The molecule has 2 aromatic carbocycles. The predicted molar refractivity (Wildman–Crippen MR) is 121 cm³/mol. The Morgan fingerprint density at radius 2 is 1.87 bits per heavy atom. The Morgan fingerprint density at radius 3 is 2.58 bits per heavy atom. The summed E-state index contributed by atoms with van der Waals surface area (Å²) < 4.78 is 5.52. The van der Waals surface area contributed by atoms with Crippen LogP contribution in [0.4, 0.5) is 0 Å². The number of hydrogen-bond acceptors (Lipinski definition) is 5. The highest BCUT2D eigenvalue weighted by Gasteiger charge is 2.46. The lowest BCUT2D eigenvalue weighted by Gasteiger charge is -2.24. The third-order valence-electron chi connectivity index (χ3n) is 5.26. The van der Waals surface area contributed by atoms with Crippen LogP contribution in [-0.4, -0.2) is 34.8 Å². The number of nitrogens with zero attached hydrogens (tertiary/aromatic N) is 1. The number of benzene rings is 2. The van der Waals surface area contributed by atoms with E-state index in [0.29, 0.717) is 30.9 Å². The van der Waals surface area contributed by atoms with Crippen LogP contribution in [0.5, 0.6) is 5.75 Å². The summed E-state index contributed by atoms with van der Waals surface area (Å²) in [5.41, 5.74) is 1.65. The highest BCUT2D eigenvalue weighted by atomic mass is 32.1. The molecule has 158 valence electrons. The molecule has 0 bridgehead atoms. The van der Waals surface area contributed by atoms with Gasteiger partial charge in [0.1, 0.15) is 11.5 Å². The van der Waals surface area contributed by atoms with Gasteiger partial charge in [0.15, 0.2) is 0 Å². The van der Waals surface area contributed by atoms with Gasteiger partial charge in [-0.1, -0.05) is 48.5 Å². The van der Waals surface area contributed by atoms with Crippen LogP contribution in [0.1, 0.15) is 29.0 Å². The van der Waals surface area contributed by atoms with E-state index in [1.54, 1.807) is 29.2 Å².